The number of nitrogens with zero attached hydrogens (tertiary/aromatic N) is 3. The summed E-state index contributed by atoms with van der Waals surface area (Å²) in [6, 6.07) is 6.74. The predicted molar refractivity (Wildman–Crippen MR) is 87.3 cm³/mol. The molecule has 0 radical (unpaired) electrons. The molecule has 0 amide bonds. The Morgan fingerprint density at radius 3 is 2.80 bits per heavy atom. The third kappa shape index (κ3) is 2.74. The molecule has 2 aromatic rings. The summed E-state index contributed by atoms with van der Waals surface area (Å²) in [5.41, 5.74) is 2.19. The van der Waals surface area contributed by atoms with Crippen LogP contribution in [-0.2, 0) is 12.4 Å². The minimum Gasteiger partial charge on any atom is -0.325 e. The molecule has 20 heavy (non-hydrogen) atoms. The summed E-state index contributed by atoms with van der Waals surface area (Å²) in [4.78, 5) is 7.20. The second-order valence-corrected chi connectivity index (χ2v) is 6.68. The molecule has 1 atom stereocenters. The number of aromatic nitrogens is 2. The zero-order valence-corrected chi connectivity index (χ0v) is 14.0. The first-order valence-electron chi connectivity index (χ1n) is 7.13. The lowest BCUT2D eigenvalue weighted by atomic mass is 10.2. The van der Waals surface area contributed by atoms with Crippen molar-refractivity contribution in [3.8, 4) is 0 Å². The topological polar surface area (TPSA) is 21.1 Å². The number of likely N-dealkylation sites (tertiary alicyclic amines) is 1. The highest BCUT2D eigenvalue weighted by atomic mass is 79.9. The van der Waals surface area contributed by atoms with Crippen molar-refractivity contribution in [2.24, 2.45) is 0 Å². The Bertz CT molecular complexity index is 604. The number of hydrogen-bond acceptors (Lipinski definition) is 2. The summed E-state index contributed by atoms with van der Waals surface area (Å²) in [7, 11) is 0. The fraction of sp³-hybridized carbons (Fsp3) is 0.533. The Hall–Kier alpha value is -0.580. The maximum Gasteiger partial charge on any atom is 0.124 e. The lowest BCUT2D eigenvalue weighted by Crippen LogP contribution is -2.34. The SMILES string of the molecule is CC(Cn1c(CCl)nc2ccc(Br)cc21)N1CCCC1. The summed E-state index contributed by atoms with van der Waals surface area (Å²) >= 11 is 9.62. The van der Waals surface area contributed by atoms with Gasteiger partial charge in [0, 0.05) is 17.1 Å². The Morgan fingerprint density at radius 2 is 2.10 bits per heavy atom. The summed E-state index contributed by atoms with van der Waals surface area (Å²) in [6.45, 7) is 5.68. The van der Waals surface area contributed by atoms with Gasteiger partial charge < -0.3 is 4.57 Å². The fourth-order valence-corrected chi connectivity index (χ4v) is 3.57. The van der Waals surface area contributed by atoms with Gasteiger partial charge in [0.05, 0.1) is 16.9 Å². The normalized spacial score (nSPS) is 17.9. The molecule has 0 N–H and O–H groups in total. The van der Waals surface area contributed by atoms with Crippen LogP contribution < -0.4 is 0 Å². The minimum atomic E-state index is 0.457. The highest BCUT2D eigenvalue weighted by Gasteiger charge is 2.20. The van der Waals surface area contributed by atoms with Crippen molar-refractivity contribution >= 4 is 38.6 Å². The molecular weight excluding hydrogens is 338 g/mol. The van der Waals surface area contributed by atoms with Crippen molar-refractivity contribution in [3.63, 3.8) is 0 Å². The lowest BCUT2D eigenvalue weighted by Gasteiger charge is -2.25. The number of fused-ring (bicyclic) bond motifs is 1. The highest BCUT2D eigenvalue weighted by Crippen LogP contribution is 2.23. The van der Waals surface area contributed by atoms with Gasteiger partial charge in [0.2, 0.25) is 0 Å². The first kappa shape index (κ1) is 14.4. The molecular formula is C15H19BrClN3. The Balaban J connectivity index is 1.94. The Kier molecular flexibility index (Phi) is 4.34. The number of rotatable bonds is 4. The van der Waals surface area contributed by atoms with E-state index in [1.54, 1.807) is 0 Å². The van der Waals surface area contributed by atoms with Crippen LogP contribution in [0.25, 0.3) is 11.0 Å². The van der Waals surface area contributed by atoms with Gasteiger partial charge in [-0.05, 0) is 51.1 Å². The molecule has 1 aromatic carbocycles. The van der Waals surface area contributed by atoms with E-state index in [2.05, 4.69) is 43.4 Å². The third-order valence-electron chi connectivity index (χ3n) is 4.12. The zero-order valence-electron chi connectivity index (χ0n) is 11.6. The molecule has 1 aliphatic heterocycles. The van der Waals surface area contributed by atoms with Gasteiger partial charge in [0.25, 0.3) is 0 Å². The molecule has 1 aromatic heterocycles. The van der Waals surface area contributed by atoms with Gasteiger partial charge in [-0.1, -0.05) is 15.9 Å². The van der Waals surface area contributed by atoms with Gasteiger partial charge in [-0.3, -0.25) is 4.90 Å². The molecule has 5 heteroatoms. The van der Waals surface area contributed by atoms with Gasteiger partial charge in [-0.15, -0.1) is 11.6 Å². The van der Waals surface area contributed by atoms with Gasteiger partial charge in [0.1, 0.15) is 5.82 Å². The monoisotopic (exact) mass is 355 g/mol. The smallest absolute Gasteiger partial charge is 0.124 e. The van der Waals surface area contributed by atoms with E-state index in [9.17, 15) is 0 Å². The summed E-state index contributed by atoms with van der Waals surface area (Å²) < 4.78 is 3.36. The van der Waals surface area contributed by atoms with E-state index in [0.29, 0.717) is 11.9 Å². The molecule has 0 aliphatic carbocycles. The van der Waals surface area contributed by atoms with E-state index < -0.39 is 0 Å². The van der Waals surface area contributed by atoms with Crippen molar-refractivity contribution in [1.82, 2.24) is 14.5 Å². The average molecular weight is 357 g/mol. The molecule has 1 aliphatic rings. The van der Waals surface area contributed by atoms with E-state index in [4.69, 9.17) is 11.6 Å². The molecule has 0 spiro atoms. The van der Waals surface area contributed by atoms with Crippen LogP contribution in [0.15, 0.2) is 22.7 Å². The van der Waals surface area contributed by atoms with Crippen LogP contribution in [0.4, 0.5) is 0 Å². The maximum atomic E-state index is 6.08. The van der Waals surface area contributed by atoms with Crippen LogP contribution >= 0.6 is 27.5 Å². The van der Waals surface area contributed by atoms with E-state index in [0.717, 1.165) is 22.4 Å². The van der Waals surface area contributed by atoms with Crippen molar-refractivity contribution < 1.29 is 0 Å². The summed E-state index contributed by atoms with van der Waals surface area (Å²) in [5, 5.41) is 0. The molecule has 0 saturated carbocycles. The van der Waals surface area contributed by atoms with Crippen molar-refractivity contribution in [2.45, 2.75) is 38.2 Å². The quantitative estimate of drug-likeness (QED) is 0.771. The van der Waals surface area contributed by atoms with Crippen LogP contribution in [0.2, 0.25) is 0 Å². The van der Waals surface area contributed by atoms with E-state index in [1.807, 2.05) is 12.1 Å². The second-order valence-electron chi connectivity index (χ2n) is 5.50. The highest BCUT2D eigenvalue weighted by molar-refractivity contribution is 9.10. The Labute approximate surface area is 133 Å². The van der Waals surface area contributed by atoms with E-state index in [-0.39, 0.29) is 0 Å². The van der Waals surface area contributed by atoms with E-state index >= 15 is 0 Å². The zero-order chi connectivity index (χ0) is 14.1. The number of alkyl halides is 1. The first-order chi connectivity index (χ1) is 9.69. The summed E-state index contributed by atoms with van der Waals surface area (Å²) in [5.74, 6) is 1.42. The van der Waals surface area contributed by atoms with Crippen molar-refractivity contribution in [2.75, 3.05) is 13.1 Å². The van der Waals surface area contributed by atoms with Crippen LogP contribution in [0.1, 0.15) is 25.6 Å². The number of imidazole rings is 1. The first-order valence-corrected chi connectivity index (χ1v) is 8.46. The number of benzene rings is 1. The number of halogens is 2. The van der Waals surface area contributed by atoms with Gasteiger partial charge in [-0.25, -0.2) is 4.98 Å². The lowest BCUT2D eigenvalue weighted by molar-refractivity contribution is 0.236. The van der Waals surface area contributed by atoms with Crippen molar-refractivity contribution in [1.29, 1.82) is 0 Å². The second kappa shape index (κ2) is 6.04. The average Bonchev–Trinajstić information content (AvgIpc) is 3.07. The largest absolute Gasteiger partial charge is 0.325 e. The predicted octanol–water partition coefficient (Wildman–Crippen LogP) is 4.02. The van der Waals surface area contributed by atoms with Gasteiger partial charge in [0.15, 0.2) is 0 Å². The molecule has 3 nitrogen and oxygen atoms in total. The molecule has 1 saturated heterocycles. The minimum absolute atomic E-state index is 0.457. The molecule has 3 rings (SSSR count). The number of hydrogen-bond donors (Lipinski definition) is 0. The third-order valence-corrected chi connectivity index (χ3v) is 4.85. The summed E-state index contributed by atoms with van der Waals surface area (Å²) in [6.07, 6.45) is 2.64. The van der Waals surface area contributed by atoms with Crippen LogP contribution in [0.5, 0.6) is 0 Å². The Morgan fingerprint density at radius 1 is 1.35 bits per heavy atom. The van der Waals surface area contributed by atoms with Crippen molar-refractivity contribution in [3.05, 3.63) is 28.5 Å². The van der Waals surface area contributed by atoms with Crippen LogP contribution in [-0.4, -0.2) is 33.6 Å². The van der Waals surface area contributed by atoms with Crippen LogP contribution in [0.3, 0.4) is 0 Å². The maximum absolute atomic E-state index is 6.08. The van der Waals surface area contributed by atoms with E-state index in [1.165, 1.54) is 31.4 Å². The molecule has 2 heterocycles. The van der Waals surface area contributed by atoms with Crippen LogP contribution in [0, 0.1) is 0 Å². The molecule has 1 fully saturated rings. The van der Waals surface area contributed by atoms with Gasteiger partial charge in [-0.2, -0.15) is 0 Å². The fourth-order valence-electron chi connectivity index (χ4n) is 3.01. The van der Waals surface area contributed by atoms with Gasteiger partial charge >= 0.3 is 0 Å². The molecule has 0 bridgehead atoms. The molecule has 108 valence electrons. The molecule has 1 unspecified atom stereocenters. The standard InChI is InChI=1S/C15H19BrClN3/c1-11(19-6-2-3-7-19)10-20-14-8-12(16)4-5-13(14)18-15(20)9-17/h4-5,8,11H,2-3,6-7,9-10H2,1H3.